The predicted octanol–water partition coefficient (Wildman–Crippen LogP) is -7.76. The molecule has 0 spiro atoms. The molecule has 0 atom stereocenters. The van der Waals surface area contributed by atoms with E-state index >= 15 is 0 Å². The van der Waals surface area contributed by atoms with Gasteiger partial charge in [-0.3, -0.25) is 20.2 Å². The fourth-order valence-corrected chi connectivity index (χ4v) is 1.29. The molecule has 1 aromatic carbocycles. The largest absolute Gasteiger partial charge is 1.00 e. The summed E-state index contributed by atoms with van der Waals surface area (Å²) in [4.78, 5) is 39.8. The standard InChI is InChI=1S/C8H4N2O8.2Na/c11-7(12)3-1-2-4(9(15)16)6(10(17)18)5(3)8(13)14;;/h1-2H,(H,11,12)(H,13,14);;/q;2*+1/p-2. The van der Waals surface area contributed by atoms with Gasteiger partial charge in [0, 0.05) is 11.6 Å². The normalized spacial score (nSPS) is 8.80. The molecule has 0 aliphatic heterocycles. The second kappa shape index (κ2) is 8.29. The third-order valence-electron chi connectivity index (χ3n) is 1.96. The first-order chi connectivity index (χ1) is 8.27. The molecule has 0 bridgehead atoms. The Balaban J connectivity index is 0. The van der Waals surface area contributed by atoms with E-state index in [1.165, 1.54) is 0 Å². The smallest absolute Gasteiger partial charge is 0.545 e. The van der Waals surface area contributed by atoms with Crippen LogP contribution >= 0.6 is 0 Å². The number of carboxylic acid groups (broad SMARTS) is 2. The van der Waals surface area contributed by atoms with Gasteiger partial charge in [0.1, 0.15) is 0 Å². The van der Waals surface area contributed by atoms with Crippen LogP contribution in [0.1, 0.15) is 20.7 Å². The van der Waals surface area contributed by atoms with Crippen LogP contribution in [0.25, 0.3) is 0 Å². The summed E-state index contributed by atoms with van der Waals surface area (Å²) in [5.74, 6) is -4.24. The van der Waals surface area contributed by atoms with Gasteiger partial charge in [0.05, 0.1) is 27.3 Å². The van der Waals surface area contributed by atoms with Gasteiger partial charge >= 0.3 is 70.5 Å². The maximum Gasteiger partial charge on any atom is 1.00 e. The minimum Gasteiger partial charge on any atom is -0.545 e. The average molecular weight is 300 g/mol. The number of carbonyl (C=O) groups is 2. The van der Waals surface area contributed by atoms with E-state index in [-0.39, 0.29) is 59.1 Å². The van der Waals surface area contributed by atoms with Gasteiger partial charge in [-0.05, 0) is 6.07 Å². The second-order valence-corrected chi connectivity index (χ2v) is 2.94. The van der Waals surface area contributed by atoms with Crippen molar-refractivity contribution in [3.63, 3.8) is 0 Å². The first-order valence-corrected chi connectivity index (χ1v) is 4.15. The molecule has 94 valence electrons. The molecule has 0 N–H and O–H groups in total. The molecular formula is C8H2N2Na2O8. The second-order valence-electron chi connectivity index (χ2n) is 2.94. The molecule has 1 aromatic rings. The van der Waals surface area contributed by atoms with Gasteiger partial charge in [0.25, 0.3) is 0 Å². The molecule has 0 saturated heterocycles. The van der Waals surface area contributed by atoms with Crippen molar-refractivity contribution in [3.05, 3.63) is 43.5 Å². The Bertz CT molecular complexity index is 537. The Morgan fingerprint density at radius 2 is 1.40 bits per heavy atom. The summed E-state index contributed by atoms with van der Waals surface area (Å²) in [5, 5.41) is 42.4. The number of carbonyl (C=O) groups excluding carboxylic acids is 2. The van der Waals surface area contributed by atoms with Gasteiger partial charge in [-0.25, -0.2) is 0 Å². The van der Waals surface area contributed by atoms with Crippen LogP contribution < -0.4 is 69.3 Å². The summed E-state index contributed by atoms with van der Waals surface area (Å²) in [5.41, 5.74) is -5.06. The molecule has 10 nitrogen and oxygen atoms in total. The van der Waals surface area contributed by atoms with Crippen molar-refractivity contribution in [1.82, 2.24) is 0 Å². The number of hydrogen-bond donors (Lipinski definition) is 0. The monoisotopic (exact) mass is 300 g/mol. The van der Waals surface area contributed by atoms with Crippen LogP contribution in [0.2, 0.25) is 0 Å². The molecule has 0 amide bonds. The van der Waals surface area contributed by atoms with E-state index in [2.05, 4.69) is 0 Å². The Kier molecular flexibility index (Phi) is 8.82. The Morgan fingerprint density at radius 1 is 0.900 bits per heavy atom. The fraction of sp³-hybridized carbons (Fsp3) is 0. The van der Waals surface area contributed by atoms with E-state index in [0.717, 1.165) is 0 Å². The molecule has 0 unspecified atom stereocenters. The van der Waals surface area contributed by atoms with Crippen LogP contribution in [0.3, 0.4) is 0 Å². The number of nitro groups is 2. The van der Waals surface area contributed by atoms with Crippen LogP contribution in [0.15, 0.2) is 12.1 Å². The molecule has 0 heterocycles. The molecule has 20 heavy (non-hydrogen) atoms. The molecule has 12 heteroatoms. The Hall–Kier alpha value is -1.04. The number of aromatic carboxylic acids is 2. The molecule has 0 aliphatic rings. The van der Waals surface area contributed by atoms with Crippen molar-refractivity contribution >= 4 is 23.3 Å². The molecular weight excluding hydrogens is 298 g/mol. The third-order valence-corrected chi connectivity index (χ3v) is 1.96. The zero-order chi connectivity index (χ0) is 14.0. The molecule has 0 aliphatic carbocycles. The van der Waals surface area contributed by atoms with Gasteiger partial charge in [0.2, 0.25) is 0 Å². The van der Waals surface area contributed by atoms with Crippen molar-refractivity contribution in [1.29, 1.82) is 0 Å². The van der Waals surface area contributed by atoms with E-state index in [4.69, 9.17) is 0 Å². The van der Waals surface area contributed by atoms with Gasteiger partial charge < -0.3 is 19.8 Å². The van der Waals surface area contributed by atoms with Gasteiger partial charge in [-0.15, -0.1) is 0 Å². The van der Waals surface area contributed by atoms with Crippen LogP contribution in [-0.2, 0) is 0 Å². The van der Waals surface area contributed by atoms with Crippen molar-refractivity contribution in [2.24, 2.45) is 0 Å². The van der Waals surface area contributed by atoms with E-state index in [1.807, 2.05) is 0 Å². The van der Waals surface area contributed by atoms with Gasteiger partial charge in [-0.2, -0.15) is 0 Å². The maximum atomic E-state index is 10.7. The minimum absolute atomic E-state index is 0. The predicted molar refractivity (Wildman–Crippen MR) is 48.4 cm³/mol. The van der Waals surface area contributed by atoms with Crippen LogP contribution in [0.4, 0.5) is 11.4 Å². The van der Waals surface area contributed by atoms with Crippen molar-refractivity contribution in [2.45, 2.75) is 0 Å². The van der Waals surface area contributed by atoms with Crippen molar-refractivity contribution in [2.75, 3.05) is 0 Å². The summed E-state index contributed by atoms with van der Waals surface area (Å²) in [7, 11) is 0. The number of nitrogens with zero attached hydrogens (tertiary/aromatic N) is 2. The number of nitro benzene ring substituents is 2. The van der Waals surface area contributed by atoms with E-state index < -0.39 is 44.3 Å². The van der Waals surface area contributed by atoms with Crippen molar-refractivity contribution < 1.29 is 88.8 Å². The van der Waals surface area contributed by atoms with E-state index in [9.17, 15) is 40.0 Å². The number of rotatable bonds is 4. The number of hydrogen-bond acceptors (Lipinski definition) is 8. The van der Waals surface area contributed by atoms with Crippen LogP contribution in [0.5, 0.6) is 0 Å². The SMILES string of the molecule is O=C([O-])c1ccc([N+](=O)[O-])c([N+](=O)[O-])c1C(=O)[O-].[Na+].[Na+]. The summed E-state index contributed by atoms with van der Waals surface area (Å²) >= 11 is 0. The Labute approximate surface area is 154 Å². The molecule has 1 rings (SSSR count). The van der Waals surface area contributed by atoms with Crippen molar-refractivity contribution in [3.8, 4) is 0 Å². The van der Waals surface area contributed by atoms with Crippen LogP contribution in [0, 0.1) is 20.2 Å². The molecule has 0 radical (unpaired) electrons. The number of carboxylic acids is 2. The summed E-state index contributed by atoms with van der Waals surface area (Å²) < 4.78 is 0. The topological polar surface area (TPSA) is 167 Å². The summed E-state index contributed by atoms with van der Waals surface area (Å²) in [6.45, 7) is 0. The summed E-state index contributed by atoms with van der Waals surface area (Å²) in [6, 6.07) is 1.04. The maximum absolute atomic E-state index is 10.7. The molecule has 0 aromatic heterocycles. The minimum atomic E-state index is -2.22. The number of benzene rings is 1. The third kappa shape index (κ3) is 4.23. The molecule has 0 saturated carbocycles. The van der Waals surface area contributed by atoms with E-state index in [1.54, 1.807) is 0 Å². The average Bonchev–Trinajstić information content (AvgIpc) is 2.26. The molecule has 0 fully saturated rings. The summed E-state index contributed by atoms with van der Waals surface area (Å²) in [6.07, 6.45) is 0. The first kappa shape index (κ1) is 21.3. The zero-order valence-electron chi connectivity index (χ0n) is 10.3. The quantitative estimate of drug-likeness (QED) is 0.300. The van der Waals surface area contributed by atoms with Crippen LogP contribution in [-0.4, -0.2) is 21.8 Å². The fourth-order valence-electron chi connectivity index (χ4n) is 1.29. The van der Waals surface area contributed by atoms with Gasteiger partial charge in [-0.1, -0.05) is 0 Å². The zero-order valence-corrected chi connectivity index (χ0v) is 14.3. The first-order valence-electron chi connectivity index (χ1n) is 4.15. The van der Waals surface area contributed by atoms with Gasteiger partial charge in [0.15, 0.2) is 0 Å². The van der Waals surface area contributed by atoms with E-state index in [0.29, 0.717) is 12.1 Å². The Morgan fingerprint density at radius 3 is 1.70 bits per heavy atom.